The fourth-order valence-electron chi connectivity index (χ4n) is 1.48. The van der Waals surface area contributed by atoms with Crippen LogP contribution in [-0.2, 0) is 9.59 Å². The van der Waals surface area contributed by atoms with Crippen LogP contribution in [-0.4, -0.2) is 48.8 Å². The van der Waals surface area contributed by atoms with Crippen molar-refractivity contribution in [2.24, 2.45) is 5.92 Å². The molecule has 0 saturated carbocycles. The summed E-state index contributed by atoms with van der Waals surface area (Å²) < 4.78 is 0. The van der Waals surface area contributed by atoms with Gasteiger partial charge < -0.3 is 9.80 Å². The fourth-order valence-corrected chi connectivity index (χ4v) is 1.48. The quantitative estimate of drug-likeness (QED) is 0.476. The molecule has 0 bridgehead atoms. The molecule has 1 atom stereocenters. The summed E-state index contributed by atoms with van der Waals surface area (Å²) in [5, 5.41) is 0. The Labute approximate surface area is 104 Å². The average Bonchev–Trinajstić information content (AvgIpc) is 2.54. The second-order valence-electron chi connectivity index (χ2n) is 4.14. The lowest BCUT2D eigenvalue weighted by atomic mass is 10.1. The van der Waals surface area contributed by atoms with Crippen LogP contribution in [0.5, 0.6) is 0 Å². The summed E-state index contributed by atoms with van der Waals surface area (Å²) in [5.74, 6) is -0.367. The molecule has 1 unspecified atom stereocenters. The Morgan fingerprint density at radius 2 is 1.88 bits per heavy atom. The zero-order valence-electron chi connectivity index (χ0n) is 11.6. The number of nitrogens with zero attached hydrogens (tertiary/aromatic N) is 2. The first-order valence-corrected chi connectivity index (χ1v) is 6.19. The SMILES string of the molecule is CC.CC1C=CCN(C(=O)C(=O)N(C)C)CC1. The van der Waals surface area contributed by atoms with Gasteiger partial charge in [0.05, 0.1) is 0 Å². The molecule has 2 amide bonds. The molecule has 0 aromatic heterocycles. The van der Waals surface area contributed by atoms with Gasteiger partial charge in [0.1, 0.15) is 0 Å². The summed E-state index contributed by atoms with van der Waals surface area (Å²) in [6.07, 6.45) is 4.97. The van der Waals surface area contributed by atoms with Crippen LogP contribution in [0.2, 0.25) is 0 Å². The van der Waals surface area contributed by atoms with Crippen molar-refractivity contribution in [3.63, 3.8) is 0 Å². The molecule has 0 saturated heterocycles. The minimum absolute atomic E-state index is 0.404. The molecule has 0 aromatic rings. The largest absolute Gasteiger partial charge is 0.341 e. The van der Waals surface area contributed by atoms with Gasteiger partial charge in [-0.15, -0.1) is 0 Å². The van der Waals surface area contributed by atoms with E-state index in [2.05, 4.69) is 13.0 Å². The number of hydrogen-bond donors (Lipinski definition) is 0. The van der Waals surface area contributed by atoms with Gasteiger partial charge in [-0.3, -0.25) is 9.59 Å². The fraction of sp³-hybridized carbons (Fsp3) is 0.692. The molecule has 0 spiro atoms. The van der Waals surface area contributed by atoms with Crippen molar-refractivity contribution >= 4 is 11.8 Å². The highest BCUT2D eigenvalue weighted by Crippen LogP contribution is 2.10. The molecule has 17 heavy (non-hydrogen) atoms. The molecule has 1 rings (SSSR count). The van der Waals surface area contributed by atoms with E-state index >= 15 is 0 Å². The lowest BCUT2D eigenvalue weighted by Crippen LogP contribution is -2.42. The van der Waals surface area contributed by atoms with E-state index in [4.69, 9.17) is 0 Å². The van der Waals surface area contributed by atoms with Crippen molar-refractivity contribution in [1.29, 1.82) is 0 Å². The van der Waals surface area contributed by atoms with E-state index < -0.39 is 11.8 Å². The van der Waals surface area contributed by atoms with Gasteiger partial charge in [0.15, 0.2) is 0 Å². The van der Waals surface area contributed by atoms with E-state index in [9.17, 15) is 9.59 Å². The van der Waals surface area contributed by atoms with E-state index in [0.717, 1.165) is 6.42 Å². The Balaban J connectivity index is 0.00000121. The zero-order chi connectivity index (χ0) is 13.4. The van der Waals surface area contributed by atoms with Gasteiger partial charge in [-0.1, -0.05) is 32.9 Å². The van der Waals surface area contributed by atoms with Gasteiger partial charge in [0.25, 0.3) is 0 Å². The second-order valence-corrected chi connectivity index (χ2v) is 4.14. The molecule has 0 fully saturated rings. The van der Waals surface area contributed by atoms with E-state index in [-0.39, 0.29) is 0 Å². The van der Waals surface area contributed by atoms with Crippen LogP contribution in [0.1, 0.15) is 27.2 Å². The van der Waals surface area contributed by atoms with Crippen LogP contribution < -0.4 is 0 Å². The molecule has 0 aliphatic carbocycles. The number of rotatable bonds is 0. The Kier molecular flexibility index (Phi) is 7.26. The van der Waals surface area contributed by atoms with Crippen molar-refractivity contribution in [2.75, 3.05) is 27.2 Å². The minimum Gasteiger partial charge on any atom is -0.341 e. The number of hydrogen-bond acceptors (Lipinski definition) is 2. The summed E-state index contributed by atoms with van der Waals surface area (Å²) in [6.45, 7) is 7.31. The van der Waals surface area contributed by atoms with Crippen molar-refractivity contribution in [2.45, 2.75) is 27.2 Å². The predicted molar refractivity (Wildman–Crippen MR) is 69.5 cm³/mol. The molecular formula is C13H24N2O2. The van der Waals surface area contributed by atoms with Gasteiger partial charge >= 0.3 is 11.8 Å². The highest BCUT2D eigenvalue weighted by Gasteiger charge is 2.23. The first-order chi connectivity index (χ1) is 8.02. The third-order valence-corrected chi connectivity index (χ3v) is 2.52. The summed E-state index contributed by atoms with van der Waals surface area (Å²) in [7, 11) is 3.19. The van der Waals surface area contributed by atoms with Crippen molar-refractivity contribution < 1.29 is 9.59 Å². The summed E-state index contributed by atoms with van der Waals surface area (Å²) >= 11 is 0. The Hall–Kier alpha value is -1.32. The third kappa shape index (κ3) is 5.02. The average molecular weight is 240 g/mol. The lowest BCUT2D eigenvalue weighted by Gasteiger charge is -2.21. The Bertz CT molecular complexity index is 285. The predicted octanol–water partition coefficient (Wildman–Crippen LogP) is 1.53. The minimum atomic E-state index is -0.446. The van der Waals surface area contributed by atoms with E-state index in [1.807, 2.05) is 19.9 Å². The smallest absolute Gasteiger partial charge is 0.312 e. The van der Waals surface area contributed by atoms with Crippen LogP contribution in [0, 0.1) is 5.92 Å². The van der Waals surface area contributed by atoms with Gasteiger partial charge in [-0.2, -0.15) is 0 Å². The van der Waals surface area contributed by atoms with E-state index in [1.165, 1.54) is 4.90 Å². The van der Waals surface area contributed by atoms with Crippen molar-refractivity contribution in [3.8, 4) is 0 Å². The Morgan fingerprint density at radius 3 is 2.41 bits per heavy atom. The lowest BCUT2D eigenvalue weighted by molar-refractivity contribution is -0.150. The Morgan fingerprint density at radius 1 is 1.29 bits per heavy atom. The van der Waals surface area contributed by atoms with E-state index in [1.54, 1.807) is 19.0 Å². The number of amides is 2. The maximum atomic E-state index is 11.7. The highest BCUT2D eigenvalue weighted by atomic mass is 16.2. The van der Waals surface area contributed by atoms with Crippen molar-refractivity contribution in [1.82, 2.24) is 9.80 Å². The molecule has 0 aromatic carbocycles. The van der Waals surface area contributed by atoms with E-state index in [0.29, 0.717) is 19.0 Å². The van der Waals surface area contributed by atoms with Gasteiger partial charge in [0, 0.05) is 27.2 Å². The van der Waals surface area contributed by atoms with Gasteiger partial charge in [-0.05, 0) is 12.3 Å². The normalized spacial score (nSPS) is 18.9. The first-order valence-electron chi connectivity index (χ1n) is 6.19. The number of likely N-dealkylation sites (N-methyl/N-ethyl adjacent to an activating group) is 1. The highest BCUT2D eigenvalue weighted by molar-refractivity contribution is 6.34. The molecule has 0 N–H and O–H groups in total. The van der Waals surface area contributed by atoms with Crippen LogP contribution in [0.15, 0.2) is 12.2 Å². The summed E-state index contributed by atoms with van der Waals surface area (Å²) in [6, 6.07) is 0. The topological polar surface area (TPSA) is 40.6 Å². The molecular weight excluding hydrogens is 216 g/mol. The molecule has 0 radical (unpaired) electrons. The molecule has 98 valence electrons. The maximum absolute atomic E-state index is 11.7. The molecule has 1 aliphatic heterocycles. The summed E-state index contributed by atoms with van der Waals surface area (Å²) in [4.78, 5) is 26.1. The first kappa shape index (κ1) is 15.7. The van der Waals surface area contributed by atoms with Crippen molar-refractivity contribution in [3.05, 3.63) is 12.2 Å². The summed E-state index contributed by atoms with van der Waals surface area (Å²) in [5.41, 5.74) is 0. The maximum Gasteiger partial charge on any atom is 0.312 e. The number of carbonyl (C=O) groups is 2. The third-order valence-electron chi connectivity index (χ3n) is 2.52. The second kappa shape index (κ2) is 7.87. The number of carbonyl (C=O) groups excluding carboxylic acids is 2. The van der Waals surface area contributed by atoms with Crippen LogP contribution in [0.25, 0.3) is 0 Å². The van der Waals surface area contributed by atoms with Gasteiger partial charge in [0.2, 0.25) is 0 Å². The molecule has 1 heterocycles. The van der Waals surface area contributed by atoms with Crippen LogP contribution in [0.3, 0.4) is 0 Å². The molecule has 4 nitrogen and oxygen atoms in total. The standard InChI is InChI=1S/C11H18N2O2.C2H6/c1-9-5-4-7-13(8-6-9)11(15)10(14)12(2)3;1-2/h4-5,9H,6-8H2,1-3H3;1-2H3. The molecule has 4 heteroatoms. The molecule has 1 aliphatic rings. The monoisotopic (exact) mass is 240 g/mol. The zero-order valence-corrected chi connectivity index (χ0v) is 11.6. The van der Waals surface area contributed by atoms with Gasteiger partial charge in [-0.25, -0.2) is 0 Å². The van der Waals surface area contributed by atoms with Crippen LogP contribution in [0.4, 0.5) is 0 Å². The van der Waals surface area contributed by atoms with Crippen LogP contribution >= 0.6 is 0 Å². The number of allylic oxidation sites excluding steroid dienone is 1.